The van der Waals surface area contributed by atoms with Crippen molar-refractivity contribution in [2.75, 3.05) is 13.7 Å². The highest BCUT2D eigenvalue weighted by Crippen LogP contribution is 2.25. The molecule has 1 N–H and O–H groups in total. The van der Waals surface area contributed by atoms with Crippen LogP contribution in [0.1, 0.15) is 38.7 Å². The molecule has 114 valence electrons. The third-order valence-electron chi connectivity index (χ3n) is 3.97. The van der Waals surface area contributed by atoms with Gasteiger partial charge in [-0.2, -0.15) is 0 Å². The van der Waals surface area contributed by atoms with Gasteiger partial charge in [-0.25, -0.2) is 0 Å². The minimum Gasteiger partial charge on any atom is -0.497 e. The van der Waals surface area contributed by atoms with Gasteiger partial charge in [0.25, 0.3) is 0 Å². The summed E-state index contributed by atoms with van der Waals surface area (Å²) in [5.41, 5.74) is 1.41. The molecule has 0 fully saturated rings. The molecule has 0 aliphatic heterocycles. The van der Waals surface area contributed by atoms with E-state index in [1.54, 1.807) is 7.11 Å². The number of ether oxygens (including phenoxy) is 1. The van der Waals surface area contributed by atoms with Crippen LogP contribution in [0, 0.1) is 0 Å². The molecular weight excluding hydrogens is 258 g/mol. The van der Waals surface area contributed by atoms with Gasteiger partial charge in [-0.1, -0.05) is 44.5 Å². The van der Waals surface area contributed by atoms with Gasteiger partial charge in [0.2, 0.25) is 0 Å². The van der Waals surface area contributed by atoms with Gasteiger partial charge in [-0.3, -0.25) is 0 Å². The molecule has 0 bridgehead atoms. The minimum atomic E-state index is 0.562. The summed E-state index contributed by atoms with van der Waals surface area (Å²) in [4.78, 5) is 0. The fourth-order valence-corrected chi connectivity index (χ4v) is 2.86. The van der Waals surface area contributed by atoms with E-state index in [0.29, 0.717) is 6.04 Å². The smallest absolute Gasteiger partial charge is 0.119 e. The van der Waals surface area contributed by atoms with Crippen LogP contribution in [-0.4, -0.2) is 19.7 Å². The van der Waals surface area contributed by atoms with E-state index in [0.717, 1.165) is 18.7 Å². The lowest BCUT2D eigenvalue weighted by Crippen LogP contribution is -2.31. The topological polar surface area (TPSA) is 21.3 Å². The molecule has 1 unspecified atom stereocenters. The van der Waals surface area contributed by atoms with Crippen LogP contribution in [0.15, 0.2) is 36.4 Å². The number of methoxy groups -OCH3 is 1. The number of hydrogen-bond donors (Lipinski definition) is 1. The summed E-state index contributed by atoms with van der Waals surface area (Å²) in [5, 5.41) is 6.29. The van der Waals surface area contributed by atoms with Gasteiger partial charge < -0.3 is 10.1 Å². The number of nitrogens with one attached hydrogen (secondary N) is 1. The molecule has 0 aliphatic rings. The Bertz CT molecular complexity index is 564. The van der Waals surface area contributed by atoms with Gasteiger partial charge in [0.15, 0.2) is 0 Å². The van der Waals surface area contributed by atoms with Crippen molar-refractivity contribution in [3.05, 3.63) is 42.0 Å². The average molecular weight is 285 g/mol. The molecule has 21 heavy (non-hydrogen) atoms. The molecule has 2 aromatic carbocycles. The zero-order chi connectivity index (χ0) is 15.1. The first-order valence-electron chi connectivity index (χ1n) is 8.07. The lowest BCUT2D eigenvalue weighted by Gasteiger charge is -2.19. The summed E-state index contributed by atoms with van der Waals surface area (Å²) in [6.45, 7) is 5.57. The van der Waals surface area contributed by atoms with Crippen LogP contribution in [-0.2, 0) is 6.42 Å². The first kappa shape index (κ1) is 15.8. The summed E-state index contributed by atoms with van der Waals surface area (Å²) in [6, 6.07) is 13.5. The Hall–Kier alpha value is -1.54. The first-order chi connectivity index (χ1) is 10.3. The van der Waals surface area contributed by atoms with Crippen molar-refractivity contribution in [1.29, 1.82) is 0 Å². The van der Waals surface area contributed by atoms with Crippen molar-refractivity contribution in [3.63, 3.8) is 0 Å². The van der Waals surface area contributed by atoms with Crippen LogP contribution in [0.5, 0.6) is 5.75 Å². The zero-order valence-corrected chi connectivity index (χ0v) is 13.5. The van der Waals surface area contributed by atoms with E-state index >= 15 is 0 Å². The molecule has 0 radical (unpaired) electrons. The molecule has 2 aromatic rings. The van der Waals surface area contributed by atoms with Crippen molar-refractivity contribution in [2.45, 2.75) is 45.6 Å². The number of hydrogen-bond acceptors (Lipinski definition) is 2. The lowest BCUT2D eigenvalue weighted by atomic mass is 9.96. The summed E-state index contributed by atoms with van der Waals surface area (Å²) in [7, 11) is 1.73. The van der Waals surface area contributed by atoms with E-state index in [-0.39, 0.29) is 0 Å². The largest absolute Gasteiger partial charge is 0.497 e. The highest BCUT2D eigenvalue weighted by atomic mass is 16.5. The molecular formula is C19H27NO. The van der Waals surface area contributed by atoms with Crippen LogP contribution in [0.4, 0.5) is 0 Å². The van der Waals surface area contributed by atoms with Gasteiger partial charge >= 0.3 is 0 Å². The Kier molecular flexibility index (Phi) is 6.06. The molecule has 2 heteroatoms. The first-order valence-corrected chi connectivity index (χ1v) is 8.07. The quantitative estimate of drug-likeness (QED) is 0.767. The Morgan fingerprint density at radius 2 is 1.95 bits per heavy atom. The maximum absolute atomic E-state index is 5.38. The van der Waals surface area contributed by atoms with Gasteiger partial charge in [-0.15, -0.1) is 0 Å². The highest BCUT2D eigenvalue weighted by molar-refractivity contribution is 5.87. The summed E-state index contributed by atoms with van der Waals surface area (Å²) >= 11 is 0. The maximum Gasteiger partial charge on any atom is 0.119 e. The zero-order valence-electron chi connectivity index (χ0n) is 13.5. The lowest BCUT2D eigenvalue weighted by molar-refractivity contribution is 0.415. The van der Waals surface area contributed by atoms with Crippen LogP contribution in [0.2, 0.25) is 0 Å². The predicted octanol–water partition coefficient (Wildman–Crippen LogP) is 4.56. The Labute approximate surface area is 128 Å². The van der Waals surface area contributed by atoms with Gasteiger partial charge in [-0.05, 0) is 54.3 Å². The van der Waals surface area contributed by atoms with Crippen molar-refractivity contribution in [1.82, 2.24) is 5.32 Å². The number of fused-ring (bicyclic) bond motifs is 1. The molecule has 0 aromatic heterocycles. The van der Waals surface area contributed by atoms with Crippen LogP contribution >= 0.6 is 0 Å². The van der Waals surface area contributed by atoms with E-state index in [4.69, 9.17) is 4.74 Å². The average Bonchev–Trinajstić information content (AvgIpc) is 2.52. The minimum absolute atomic E-state index is 0.562. The van der Waals surface area contributed by atoms with E-state index in [1.807, 2.05) is 6.07 Å². The molecule has 0 amide bonds. The van der Waals surface area contributed by atoms with E-state index < -0.39 is 0 Å². The van der Waals surface area contributed by atoms with Crippen LogP contribution < -0.4 is 10.1 Å². The molecule has 0 heterocycles. The van der Waals surface area contributed by atoms with E-state index in [2.05, 4.69) is 49.5 Å². The van der Waals surface area contributed by atoms with E-state index in [9.17, 15) is 0 Å². The fraction of sp³-hybridized carbons (Fsp3) is 0.474. The number of benzene rings is 2. The van der Waals surface area contributed by atoms with Gasteiger partial charge in [0, 0.05) is 6.04 Å². The Morgan fingerprint density at radius 1 is 1.10 bits per heavy atom. The second-order valence-electron chi connectivity index (χ2n) is 5.65. The predicted molar refractivity (Wildman–Crippen MR) is 91.2 cm³/mol. The summed E-state index contributed by atoms with van der Waals surface area (Å²) < 4.78 is 5.38. The molecule has 2 rings (SSSR count). The maximum atomic E-state index is 5.38. The monoisotopic (exact) mass is 285 g/mol. The van der Waals surface area contributed by atoms with E-state index in [1.165, 1.54) is 35.6 Å². The van der Waals surface area contributed by atoms with Crippen molar-refractivity contribution in [2.24, 2.45) is 0 Å². The number of rotatable bonds is 8. The van der Waals surface area contributed by atoms with Gasteiger partial charge in [0.1, 0.15) is 5.75 Å². The standard InChI is InChI=1S/C19H27NO/c1-4-7-17(20-12-5-2)13-16-9-6-8-15-10-11-18(21-3)14-19(15)16/h6,8-11,14,17,20H,4-5,7,12-13H2,1-3H3. The second kappa shape index (κ2) is 8.04. The molecule has 0 saturated heterocycles. The normalized spacial score (nSPS) is 12.5. The van der Waals surface area contributed by atoms with Gasteiger partial charge in [0.05, 0.1) is 7.11 Å². The molecule has 2 nitrogen and oxygen atoms in total. The second-order valence-corrected chi connectivity index (χ2v) is 5.65. The van der Waals surface area contributed by atoms with Crippen LogP contribution in [0.3, 0.4) is 0 Å². The highest BCUT2D eigenvalue weighted by Gasteiger charge is 2.10. The van der Waals surface area contributed by atoms with Crippen LogP contribution in [0.25, 0.3) is 10.8 Å². The third kappa shape index (κ3) is 4.21. The van der Waals surface area contributed by atoms with Crippen molar-refractivity contribution >= 4 is 10.8 Å². The molecule has 0 spiro atoms. The fourth-order valence-electron chi connectivity index (χ4n) is 2.86. The van der Waals surface area contributed by atoms with Crippen molar-refractivity contribution in [3.8, 4) is 5.75 Å². The Morgan fingerprint density at radius 3 is 2.67 bits per heavy atom. The van der Waals surface area contributed by atoms with Crippen molar-refractivity contribution < 1.29 is 4.74 Å². The summed E-state index contributed by atoms with van der Waals surface area (Å²) in [6.07, 6.45) is 4.71. The summed E-state index contributed by atoms with van der Waals surface area (Å²) in [5.74, 6) is 0.934. The third-order valence-corrected chi connectivity index (χ3v) is 3.97. The Balaban J connectivity index is 2.26. The molecule has 1 atom stereocenters. The molecule has 0 saturated carbocycles. The molecule has 0 aliphatic carbocycles. The SMILES string of the molecule is CCCNC(CCC)Cc1cccc2ccc(OC)cc12.